The zero-order valence-corrected chi connectivity index (χ0v) is 39.8. The number of para-hydroxylation sites is 4. The van der Waals surface area contributed by atoms with Crippen LogP contribution < -0.4 is 15.3 Å². The van der Waals surface area contributed by atoms with Gasteiger partial charge in [0.25, 0.3) is 0 Å². The molecule has 4 heteroatoms. The van der Waals surface area contributed by atoms with E-state index in [1.165, 1.54) is 92.8 Å². The molecule has 3 aromatic heterocycles. The predicted molar refractivity (Wildman–Crippen MR) is 299 cm³/mol. The molecule has 0 saturated heterocycles. The lowest BCUT2D eigenvalue weighted by Crippen LogP contribution is -2.62. The second kappa shape index (κ2) is 16.4. The summed E-state index contributed by atoms with van der Waals surface area (Å²) in [6.07, 6.45) is 16.1. The Morgan fingerprint density at radius 3 is 1.53 bits per heavy atom. The number of hydrogen-bond donors (Lipinski definition) is 0. The van der Waals surface area contributed by atoms with Gasteiger partial charge < -0.3 is 13.9 Å². The van der Waals surface area contributed by atoms with Gasteiger partial charge in [0.05, 0.1) is 27.6 Å². The topological polar surface area (TPSA) is 12.6 Å². The largest absolute Gasteiger partial charge is 0.314 e. The molecule has 2 aliphatic rings. The monoisotopic (exact) mass is 911 g/mol. The number of aromatic nitrogens is 2. The lowest BCUT2D eigenvalue weighted by Gasteiger charge is -2.40. The van der Waals surface area contributed by atoms with Crippen molar-refractivity contribution in [3.8, 4) is 16.8 Å². The maximum Gasteiger partial charge on any atom is 0.171 e. The van der Waals surface area contributed by atoms with Crippen molar-refractivity contribution >= 4 is 89.7 Å². The van der Waals surface area contributed by atoms with Gasteiger partial charge >= 0.3 is 0 Å². The maximum atomic E-state index is 2.54. The number of fused-ring (bicyclic) bond motifs is 9. The van der Waals surface area contributed by atoms with E-state index in [-0.39, 0.29) is 0 Å². The molecule has 70 heavy (non-hydrogen) atoms. The normalized spacial score (nSPS) is 14.3. The molecular formula is C66H49N3Si. The fourth-order valence-electron chi connectivity index (χ4n) is 12.4. The summed E-state index contributed by atoms with van der Waals surface area (Å²) in [6, 6.07) is 81.5. The molecular weight excluding hydrogens is 863 g/mol. The van der Waals surface area contributed by atoms with Crippen LogP contribution in [0, 0.1) is 0 Å². The smallest absolute Gasteiger partial charge is 0.171 e. The number of anilines is 2. The molecule has 9 aromatic carbocycles. The highest BCUT2D eigenvalue weighted by Crippen LogP contribution is 2.44. The van der Waals surface area contributed by atoms with Crippen molar-refractivity contribution in [2.75, 3.05) is 4.90 Å². The minimum atomic E-state index is -2.56. The van der Waals surface area contributed by atoms with Crippen molar-refractivity contribution in [2.45, 2.75) is 25.7 Å². The number of nitrogens with zero attached hydrogens (tertiary/aromatic N) is 3. The predicted octanol–water partition coefficient (Wildman–Crippen LogP) is 16.0. The van der Waals surface area contributed by atoms with Crippen molar-refractivity contribution in [2.24, 2.45) is 0 Å². The fraction of sp³-hybridized carbons (Fsp3) is 0.0606. The lowest BCUT2D eigenvalue weighted by atomic mass is 9.98. The Hall–Kier alpha value is -8.44. The molecule has 0 radical (unpaired) electrons. The van der Waals surface area contributed by atoms with Crippen LogP contribution >= 0.6 is 0 Å². The Bertz CT molecular complexity index is 3970. The summed E-state index contributed by atoms with van der Waals surface area (Å²) in [5.41, 5.74) is 13.4. The summed E-state index contributed by atoms with van der Waals surface area (Å²) in [6.45, 7) is 0. The van der Waals surface area contributed by atoms with Crippen LogP contribution in [0.15, 0.2) is 265 Å². The van der Waals surface area contributed by atoms with Crippen LogP contribution in [-0.2, 0) is 0 Å². The lowest BCUT2D eigenvalue weighted by molar-refractivity contribution is 0.898. The van der Waals surface area contributed by atoms with E-state index in [1.54, 1.807) is 10.4 Å². The van der Waals surface area contributed by atoms with Crippen LogP contribution in [0.25, 0.3) is 76.7 Å². The highest BCUT2D eigenvalue weighted by molar-refractivity contribution is 7.12. The third-order valence-electron chi connectivity index (χ3n) is 15.4. The third kappa shape index (κ3) is 6.20. The Kier molecular flexibility index (Phi) is 9.50. The van der Waals surface area contributed by atoms with Crippen LogP contribution in [0.1, 0.15) is 25.7 Å². The highest BCUT2D eigenvalue weighted by Gasteiger charge is 2.44. The van der Waals surface area contributed by atoms with Gasteiger partial charge in [0.2, 0.25) is 0 Å². The number of rotatable bonds is 9. The molecule has 0 spiro atoms. The van der Waals surface area contributed by atoms with E-state index in [2.05, 4.69) is 263 Å². The van der Waals surface area contributed by atoms with Crippen molar-refractivity contribution in [3.63, 3.8) is 0 Å². The minimum Gasteiger partial charge on any atom is -0.314 e. The Labute approximate surface area is 408 Å². The molecule has 0 saturated carbocycles. The average Bonchev–Trinajstić information content (AvgIpc) is 4.08. The zero-order valence-electron chi connectivity index (χ0n) is 38.8. The number of benzene rings is 9. The Morgan fingerprint density at radius 1 is 0.386 bits per heavy atom. The van der Waals surface area contributed by atoms with E-state index < -0.39 is 8.07 Å². The molecule has 2 aliphatic carbocycles. The van der Waals surface area contributed by atoms with Gasteiger partial charge in [0.1, 0.15) is 0 Å². The van der Waals surface area contributed by atoms with Crippen molar-refractivity contribution in [1.29, 1.82) is 0 Å². The molecule has 0 atom stereocenters. The SMILES string of the molecule is C1=CCCC([Si](C2=CC=C(N(c3ccc(-c4cc5c6ccccc6n6c7ccccc7c(c4)c56)cc3)c3ccc4c(c3)c3ccccc3n4-c3ccccc3)CC2)(c2ccccc2)c2ccccc2)=C1. The first kappa shape index (κ1) is 40.6. The third-order valence-corrected chi connectivity index (χ3v) is 20.6. The number of hydrogen-bond acceptors (Lipinski definition) is 1. The fourth-order valence-corrected chi connectivity index (χ4v) is 17.7. The van der Waals surface area contributed by atoms with E-state index in [4.69, 9.17) is 0 Å². The van der Waals surface area contributed by atoms with Crippen LogP contribution in [-0.4, -0.2) is 17.0 Å². The standard InChI is InChI=1S/C66H49N3Si/c1-5-19-48(20-6-1)68-62-30-16-13-27-56(62)59-45-51(39-42-65(59)68)67(50-37-40-55(41-38-50)70(52-21-7-2-8-22-52,53-23-9-3-10-24-53)54-25-11-4-12-26-54)49-35-33-46(34-36-49)47-43-60-57-28-14-17-31-63(57)69-64-32-18-15-29-58(64)61(44-47)66(60)69/h1-11,13-25,27-37,39-40,42-45H,12,26,38,41H2. The van der Waals surface area contributed by atoms with Gasteiger partial charge in [-0.3, -0.25) is 0 Å². The second-order valence-corrected chi connectivity index (χ2v) is 23.0. The van der Waals surface area contributed by atoms with Crippen molar-refractivity contribution < 1.29 is 0 Å². The molecule has 0 N–H and O–H groups in total. The van der Waals surface area contributed by atoms with Gasteiger partial charge in [-0.2, -0.15) is 0 Å². The summed E-state index contributed by atoms with van der Waals surface area (Å²) in [5, 5.41) is 13.8. The van der Waals surface area contributed by atoms with E-state index >= 15 is 0 Å². The van der Waals surface area contributed by atoms with Crippen LogP contribution in [0.3, 0.4) is 0 Å². The van der Waals surface area contributed by atoms with Crippen molar-refractivity contribution in [3.05, 3.63) is 265 Å². The molecule has 0 amide bonds. The molecule has 0 fully saturated rings. The quantitative estimate of drug-likeness (QED) is 0.131. The summed E-state index contributed by atoms with van der Waals surface area (Å²) < 4.78 is 4.87. The second-order valence-electron chi connectivity index (χ2n) is 19.1. The van der Waals surface area contributed by atoms with Gasteiger partial charge in [-0.15, -0.1) is 0 Å². The Balaban J connectivity index is 0.947. The van der Waals surface area contributed by atoms with Gasteiger partial charge in [-0.1, -0.05) is 180 Å². The number of allylic oxidation sites excluding steroid dienone is 8. The molecule has 332 valence electrons. The van der Waals surface area contributed by atoms with Crippen LogP contribution in [0.4, 0.5) is 11.4 Å². The van der Waals surface area contributed by atoms with E-state index in [1.807, 2.05) is 0 Å². The molecule has 14 rings (SSSR count). The molecule has 0 unspecified atom stereocenters. The minimum absolute atomic E-state index is 0.915. The van der Waals surface area contributed by atoms with Gasteiger partial charge in [0, 0.05) is 55.1 Å². The van der Waals surface area contributed by atoms with Gasteiger partial charge in [-0.05, 0) is 126 Å². The summed E-state index contributed by atoms with van der Waals surface area (Å²) in [5.74, 6) is 0. The van der Waals surface area contributed by atoms with Crippen molar-refractivity contribution in [1.82, 2.24) is 8.97 Å². The summed E-state index contributed by atoms with van der Waals surface area (Å²) in [4.78, 5) is 2.54. The first-order chi connectivity index (χ1) is 34.7. The molecule has 0 aliphatic heterocycles. The summed E-state index contributed by atoms with van der Waals surface area (Å²) in [7, 11) is -2.56. The van der Waals surface area contributed by atoms with Crippen LogP contribution in [0.5, 0.6) is 0 Å². The average molecular weight is 912 g/mol. The zero-order chi connectivity index (χ0) is 46.2. The summed E-state index contributed by atoms with van der Waals surface area (Å²) >= 11 is 0. The van der Waals surface area contributed by atoms with E-state index in [9.17, 15) is 0 Å². The van der Waals surface area contributed by atoms with Gasteiger partial charge in [0.15, 0.2) is 8.07 Å². The van der Waals surface area contributed by atoms with Gasteiger partial charge in [-0.25, -0.2) is 0 Å². The van der Waals surface area contributed by atoms with E-state index in [0.717, 1.165) is 37.1 Å². The maximum absolute atomic E-state index is 2.56. The first-order valence-electron chi connectivity index (χ1n) is 24.8. The van der Waals surface area contributed by atoms with E-state index in [0.29, 0.717) is 0 Å². The van der Waals surface area contributed by atoms with Crippen LogP contribution in [0.2, 0.25) is 0 Å². The first-order valence-corrected chi connectivity index (χ1v) is 26.8. The highest BCUT2D eigenvalue weighted by atomic mass is 28.3. The molecule has 0 bridgehead atoms. The Morgan fingerprint density at radius 2 is 0.929 bits per heavy atom. The molecule has 3 nitrogen and oxygen atoms in total. The molecule has 12 aromatic rings. The molecule has 3 heterocycles.